The number of carbonyl (C=O) groups is 2. The average molecular weight is 280 g/mol. The number of nitrogens with one attached hydrogen (secondary N) is 1. The van der Waals surface area contributed by atoms with Gasteiger partial charge in [0.25, 0.3) is 0 Å². The molecule has 0 saturated heterocycles. The Labute approximate surface area is 117 Å². The molecule has 1 aromatic rings. The van der Waals surface area contributed by atoms with Crippen LogP contribution >= 0.6 is 0 Å². The highest BCUT2D eigenvalue weighted by molar-refractivity contribution is 5.75. The number of carboxylic acids is 1. The van der Waals surface area contributed by atoms with Crippen molar-refractivity contribution in [2.75, 3.05) is 6.54 Å². The van der Waals surface area contributed by atoms with Crippen LogP contribution in [-0.4, -0.2) is 34.6 Å². The minimum Gasteiger partial charge on any atom is -0.481 e. The molecule has 1 fully saturated rings. The van der Waals surface area contributed by atoms with Gasteiger partial charge >= 0.3 is 12.0 Å². The van der Waals surface area contributed by atoms with Gasteiger partial charge in [0, 0.05) is 12.6 Å². The van der Waals surface area contributed by atoms with Crippen LogP contribution in [0.3, 0.4) is 0 Å². The molecule has 0 unspecified atom stereocenters. The molecule has 0 radical (unpaired) electrons. The quantitative estimate of drug-likeness (QED) is 0.865. The van der Waals surface area contributed by atoms with Gasteiger partial charge in [-0.2, -0.15) is 0 Å². The number of rotatable bonds is 5. The van der Waals surface area contributed by atoms with Crippen LogP contribution in [-0.2, 0) is 11.3 Å². The average Bonchev–Trinajstić information content (AvgIpc) is 3.06. The fraction of sp³-hybridized carbons (Fsp3) is 0.571. The van der Waals surface area contributed by atoms with Crippen molar-refractivity contribution in [1.82, 2.24) is 10.2 Å². The minimum atomic E-state index is -0.773. The molecule has 1 heterocycles. The molecule has 0 aliphatic heterocycles. The summed E-state index contributed by atoms with van der Waals surface area (Å²) in [7, 11) is 0. The maximum absolute atomic E-state index is 12.2. The summed E-state index contributed by atoms with van der Waals surface area (Å²) < 4.78 is 5.24. The first-order chi connectivity index (χ1) is 9.60. The highest BCUT2D eigenvalue weighted by Crippen LogP contribution is 2.25. The molecule has 110 valence electrons. The normalized spacial score (nSPS) is 21.6. The highest BCUT2D eigenvalue weighted by Gasteiger charge is 2.31. The van der Waals surface area contributed by atoms with E-state index in [1.54, 1.807) is 17.2 Å². The van der Waals surface area contributed by atoms with E-state index in [4.69, 9.17) is 9.52 Å². The van der Waals surface area contributed by atoms with Crippen LogP contribution in [0.15, 0.2) is 22.8 Å². The van der Waals surface area contributed by atoms with E-state index in [0.29, 0.717) is 25.9 Å². The summed E-state index contributed by atoms with van der Waals surface area (Å²) in [6, 6.07) is 3.40. The predicted octanol–water partition coefficient (Wildman–Crippen LogP) is 2.06. The second-order valence-corrected chi connectivity index (χ2v) is 5.09. The summed E-state index contributed by atoms with van der Waals surface area (Å²) in [6.07, 6.45) is 3.44. The summed E-state index contributed by atoms with van der Waals surface area (Å²) in [4.78, 5) is 24.7. The monoisotopic (exact) mass is 280 g/mol. The number of urea groups is 1. The van der Waals surface area contributed by atoms with Crippen LogP contribution in [0.5, 0.6) is 0 Å². The molecule has 6 heteroatoms. The summed E-state index contributed by atoms with van der Waals surface area (Å²) in [6.45, 7) is 2.89. The molecule has 2 N–H and O–H groups in total. The van der Waals surface area contributed by atoms with E-state index in [9.17, 15) is 9.59 Å². The SMILES string of the molecule is CCN(Cc1ccco1)C(=O)N[C@H]1CC[C@@H](C(=O)O)C1. The smallest absolute Gasteiger partial charge is 0.318 e. The van der Waals surface area contributed by atoms with E-state index in [1.807, 2.05) is 13.0 Å². The maximum atomic E-state index is 12.2. The summed E-state index contributed by atoms with van der Waals surface area (Å²) in [5.41, 5.74) is 0. The number of aliphatic carboxylic acids is 1. The number of carbonyl (C=O) groups excluding carboxylic acids is 1. The lowest BCUT2D eigenvalue weighted by Crippen LogP contribution is -2.43. The minimum absolute atomic E-state index is 0.0470. The van der Waals surface area contributed by atoms with Crippen molar-refractivity contribution in [2.45, 2.75) is 38.8 Å². The molecule has 1 saturated carbocycles. The van der Waals surface area contributed by atoms with Crippen molar-refractivity contribution >= 4 is 12.0 Å². The number of amides is 2. The van der Waals surface area contributed by atoms with Gasteiger partial charge in [-0.15, -0.1) is 0 Å². The summed E-state index contributed by atoms with van der Waals surface area (Å²) in [5.74, 6) is -0.373. The van der Waals surface area contributed by atoms with Crippen LogP contribution in [0, 0.1) is 5.92 Å². The third kappa shape index (κ3) is 3.53. The maximum Gasteiger partial charge on any atom is 0.318 e. The van der Waals surface area contributed by atoms with Crippen LogP contribution < -0.4 is 5.32 Å². The summed E-state index contributed by atoms with van der Waals surface area (Å²) in [5, 5.41) is 11.9. The number of nitrogens with zero attached hydrogens (tertiary/aromatic N) is 1. The van der Waals surface area contributed by atoms with E-state index in [2.05, 4.69) is 5.32 Å². The van der Waals surface area contributed by atoms with Gasteiger partial charge in [0.05, 0.1) is 18.7 Å². The van der Waals surface area contributed by atoms with Gasteiger partial charge in [0.1, 0.15) is 5.76 Å². The van der Waals surface area contributed by atoms with Crippen molar-refractivity contribution < 1.29 is 19.1 Å². The van der Waals surface area contributed by atoms with E-state index >= 15 is 0 Å². The fourth-order valence-corrected chi connectivity index (χ4v) is 2.52. The van der Waals surface area contributed by atoms with Crippen LogP contribution in [0.25, 0.3) is 0 Å². The molecule has 1 aliphatic rings. The molecule has 2 amide bonds. The van der Waals surface area contributed by atoms with Crippen molar-refractivity contribution in [3.63, 3.8) is 0 Å². The lowest BCUT2D eigenvalue weighted by atomic mass is 10.1. The van der Waals surface area contributed by atoms with Crippen molar-refractivity contribution in [3.05, 3.63) is 24.2 Å². The predicted molar refractivity (Wildman–Crippen MR) is 72.1 cm³/mol. The second-order valence-electron chi connectivity index (χ2n) is 5.09. The number of hydrogen-bond donors (Lipinski definition) is 2. The molecule has 6 nitrogen and oxygen atoms in total. The van der Waals surface area contributed by atoms with Gasteiger partial charge in [0.2, 0.25) is 0 Å². The van der Waals surface area contributed by atoms with Crippen molar-refractivity contribution in [1.29, 1.82) is 0 Å². The Morgan fingerprint density at radius 2 is 2.30 bits per heavy atom. The van der Waals surface area contributed by atoms with Gasteiger partial charge in [-0.3, -0.25) is 4.79 Å². The van der Waals surface area contributed by atoms with Crippen LogP contribution in [0.1, 0.15) is 31.9 Å². The number of furan rings is 1. The molecule has 2 rings (SSSR count). The molecule has 0 bridgehead atoms. The van der Waals surface area contributed by atoms with Gasteiger partial charge < -0.3 is 19.7 Å². The van der Waals surface area contributed by atoms with Crippen LogP contribution in [0.4, 0.5) is 4.79 Å². The Kier molecular flexibility index (Phi) is 4.65. The Bertz CT molecular complexity index is 458. The molecule has 2 atom stereocenters. The van der Waals surface area contributed by atoms with E-state index in [0.717, 1.165) is 12.2 Å². The van der Waals surface area contributed by atoms with Gasteiger partial charge in [-0.1, -0.05) is 0 Å². The molecule has 1 aromatic heterocycles. The Morgan fingerprint density at radius 3 is 2.85 bits per heavy atom. The van der Waals surface area contributed by atoms with Gasteiger partial charge in [-0.05, 0) is 38.3 Å². The third-order valence-corrected chi connectivity index (χ3v) is 3.71. The molecule has 0 aromatic carbocycles. The first kappa shape index (κ1) is 14.4. The van der Waals surface area contributed by atoms with Crippen LogP contribution in [0.2, 0.25) is 0 Å². The second kappa shape index (κ2) is 6.45. The Hall–Kier alpha value is -1.98. The molecule has 20 heavy (non-hydrogen) atoms. The third-order valence-electron chi connectivity index (χ3n) is 3.71. The largest absolute Gasteiger partial charge is 0.481 e. The number of hydrogen-bond acceptors (Lipinski definition) is 3. The summed E-state index contributed by atoms with van der Waals surface area (Å²) >= 11 is 0. The van der Waals surface area contributed by atoms with E-state index < -0.39 is 5.97 Å². The molecular formula is C14H20N2O4. The molecule has 1 aliphatic carbocycles. The fourth-order valence-electron chi connectivity index (χ4n) is 2.52. The molecule has 0 spiro atoms. The Balaban J connectivity index is 1.85. The zero-order valence-electron chi connectivity index (χ0n) is 11.5. The van der Waals surface area contributed by atoms with Gasteiger partial charge in [0.15, 0.2) is 0 Å². The van der Waals surface area contributed by atoms with E-state index in [1.165, 1.54) is 0 Å². The highest BCUT2D eigenvalue weighted by atomic mass is 16.4. The van der Waals surface area contributed by atoms with Crippen molar-refractivity contribution in [3.8, 4) is 0 Å². The molecular weight excluding hydrogens is 260 g/mol. The van der Waals surface area contributed by atoms with E-state index in [-0.39, 0.29) is 18.0 Å². The zero-order chi connectivity index (χ0) is 14.5. The number of carboxylic acid groups (broad SMARTS) is 1. The first-order valence-corrected chi connectivity index (χ1v) is 6.90. The Morgan fingerprint density at radius 1 is 1.50 bits per heavy atom. The van der Waals surface area contributed by atoms with Gasteiger partial charge in [-0.25, -0.2) is 4.79 Å². The topological polar surface area (TPSA) is 82.8 Å². The standard InChI is InChI=1S/C14H20N2O4/c1-2-16(9-12-4-3-7-20-12)14(19)15-11-6-5-10(8-11)13(17)18/h3-4,7,10-11H,2,5-6,8-9H2,1H3,(H,15,19)(H,17,18)/t10-,11+/m1/s1. The zero-order valence-corrected chi connectivity index (χ0v) is 11.5. The lowest BCUT2D eigenvalue weighted by molar-refractivity contribution is -0.141. The first-order valence-electron chi connectivity index (χ1n) is 6.90. The van der Waals surface area contributed by atoms with Crippen molar-refractivity contribution in [2.24, 2.45) is 5.92 Å². The lowest BCUT2D eigenvalue weighted by Gasteiger charge is -2.23.